The first-order chi connectivity index (χ1) is 12.2. The third-order valence-electron chi connectivity index (χ3n) is 4.57. The molecular formula is C18H18BrN5O. The Morgan fingerprint density at radius 3 is 2.64 bits per heavy atom. The summed E-state index contributed by atoms with van der Waals surface area (Å²) in [5.41, 5.74) is 2.64. The number of anilines is 1. The van der Waals surface area contributed by atoms with Crippen molar-refractivity contribution in [3.8, 4) is 0 Å². The smallest absolute Gasteiger partial charge is 0.321 e. The highest BCUT2D eigenvalue weighted by molar-refractivity contribution is 9.10. The molecule has 2 amide bonds. The van der Waals surface area contributed by atoms with Crippen LogP contribution < -0.4 is 5.32 Å². The van der Waals surface area contributed by atoms with Crippen molar-refractivity contribution in [3.63, 3.8) is 0 Å². The number of piperidine rings is 1. The van der Waals surface area contributed by atoms with E-state index in [0.29, 0.717) is 6.04 Å². The molecule has 25 heavy (non-hydrogen) atoms. The van der Waals surface area contributed by atoms with Gasteiger partial charge in [-0.15, -0.1) is 0 Å². The Morgan fingerprint density at radius 1 is 1.12 bits per heavy atom. The van der Waals surface area contributed by atoms with Crippen LogP contribution in [0.2, 0.25) is 0 Å². The van der Waals surface area contributed by atoms with E-state index in [1.54, 1.807) is 6.20 Å². The van der Waals surface area contributed by atoms with E-state index < -0.39 is 0 Å². The van der Waals surface area contributed by atoms with Crippen LogP contribution in [0.15, 0.2) is 53.4 Å². The molecule has 1 saturated heterocycles. The summed E-state index contributed by atoms with van der Waals surface area (Å²) in [6.45, 7) is 1.44. The Balaban J connectivity index is 1.39. The maximum Gasteiger partial charge on any atom is 0.321 e. The van der Waals surface area contributed by atoms with Gasteiger partial charge in [0.25, 0.3) is 0 Å². The van der Waals surface area contributed by atoms with Gasteiger partial charge in [0.1, 0.15) is 5.52 Å². The Labute approximate surface area is 154 Å². The number of halogens is 1. The lowest BCUT2D eigenvalue weighted by Gasteiger charge is -2.32. The average molecular weight is 400 g/mol. The molecular weight excluding hydrogens is 382 g/mol. The number of nitrogens with one attached hydrogen (secondary N) is 1. The number of aromatic nitrogens is 3. The summed E-state index contributed by atoms with van der Waals surface area (Å²) >= 11 is 3.40. The van der Waals surface area contributed by atoms with Crippen LogP contribution in [0.25, 0.3) is 11.2 Å². The first kappa shape index (κ1) is 16.1. The zero-order chi connectivity index (χ0) is 17.2. The van der Waals surface area contributed by atoms with Crippen LogP contribution >= 0.6 is 15.9 Å². The number of hydrogen-bond acceptors (Lipinski definition) is 3. The number of nitrogens with zero attached hydrogens (tertiary/aromatic N) is 4. The van der Waals surface area contributed by atoms with Crippen molar-refractivity contribution >= 4 is 38.8 Å². The lowest BCUT2D eigenvalue weighted by molar-refractivity contribution is 0.184. The van der Waals surface area contributed by atoms with Gasteiger partial charge in [-0.2, -0.15) is 0 Å². The fraction of sp³-hybridized carbons (Fsp3) is 0.278. The molecule has 0 radical (unpaired) electrons. The normalized spacial score (nSPS) is 15.5. The number of hydrogen-bond donors (Lipinski definition) is 1. The minimum atomic E-state index is -0.0469. The zero-order valence-corrected chi connectivity index (χ0v) is 15.2. The number of carbonyl (C=O) groups is 1. The average Bonchev–Trinajstić information content (AvgIpc) is 3.08. The van der Waals surface area contributed by atoms with Gasteiger partial charge in [-0.25, -0.2) is 14.8 Å². The summed E-state index contributed by atoms with van der Waals surface area (Å²) in [5, 5.41) is 2.95. The fourth-order valence-electron chi connectivity index (χ4n) is 3.22. The van der Waals surface area contributed by atoms with Gasteiger partial charge in [0.05, 0.1) is 6.33 Å². The molecule has 1 aromatic carbocycles. The summed E-state index contributed by atoms with van der Waals surface area (Å²) in [6, 6.07) is 11.8. The van der Waals surface area contributed by atoms with Gasteiger partial charge in [0, 0.05) is 35.5 Å². The highest BCUT2D eigenvalue weighted by Crippen LogP contribution is 2.26. The number of likely N-dealkylation sites (tertiary alicyclic amines) is 1. The lowest BCUT2D eigenvalue weighted by atomic mass is 10.1. The largest absolute Gasteiger partial charge is 0.324 e. The third kappa shape index (κ3) is 3.37. The fourth-order valence-corrected chi connectivity index (χ4v) is 3.48. The van der Waals surface area contributed by atoms with E-state index >= 15 is 0 Å². The van der Waals surface area contributed by atoms with Crippen molar-refractivity contribution in [2.45, 2.75) is 18.9 Å². The van der Waals surface area contributed by atoms with Gasteiger partial charge in [0.2, 0.25) is 0 Å². The van der Waals surface area contributed by atoms with E-state index in [-0.39, 0.29) is 6.03 Å². The van der Waals surface area contributed by atoms with Gasteiger partial charge < -0.3 is 14.8 Å². The molecule has 0 bridgehead atoms. The van der Waals surface area contributed by atoms with Crippen molar-refractivity contribution in [2.75, 3.05) is 18.4 Å². The first-order valence-corrected chi connectivity index (χ1v) is 9.09. The van der Waals surface area contributed by atoms with Crippen molar-refractivity contribution in [1.82, 2.24) is 19.4 Å². The molecule has 6 nitrogen and oxygen atoms in total. The number of carbonyl (C=O) groups excluding carboxylic acids is 1. The zero-order valence-electron chi connectivity index (χ0n) is 13.6. The maximum atomic E-state index is 12.4. The van der Waals surface area contributed by atoms with Gasteiger partial charge in [-0.1, -0.05) is 15.9 Å². The molecule has 0 atom stereocenters. The molecule has 0 aliphatic carbocycles. The molecule has 0 spiro atoms. The molecule has 1 aliphatic heterocycles. The number of rotatable bonds is 2. The number of imidazole rings is 1. The van der Waals surface area contributed by atoms with Crippen LogP contribution in [0, 0.1) is 0 Å². The number of amides is 2. The Hall–Kier alpha value is -2.41. The van der Waals surface area contributed by atoms with Gasteiger partial charge in [-0.05, 0) is 49.2 Å². The van der Waals surface area contributed by atoms with E-state index in [4.69, 9.17) is 0 Å². The van der Waals surface area contributed by atoms with Crippen molar-refractivity contribution in [1.29, 1.82) is 0 Å². The van der Waals surface area contributed by atoms with Crippen LogP contribution in [0.3, 0.4) is 0 Å². The minimum absolute atomic E-state index is 0.0469. The van der Waals surface area contributed by atoms with E-state index in [1.807, 2.05) is 47.6 Å². The molecule has 1 aliphatic rings. The minimum Gasteiger partial charge on any atom is -0.324 e. The molecule has 3 aromatic rings. The number of benzene rings is 1. The predicted octanol–water partition coefficient (Wildman–Crippen LogP) is 4.06. The van der Waals surface area contributed by atoms with Crippen LogP contribution in [0.1, 0.15) is 18.9 Å². The van der Waals surface area contributed by atoms with Crippen LogP contribution in [-0.4, -0.2) is 38.6 Å². The van der Waals surface area contributed by atoms with Crippen molar-refractivity contribution < 1.29 is 4.79 Å². The van der Waals surface area contributed by atoms with Crippen LogP contribution in [0.4, 0.5) is 10.5 Å². The van der Waals surface area contributed by atoms with Gasteiger partial charge >= 0.3 is 6.03 Å². The van der Waals surface area contributed by atoms with E-state index in [2.05, 4.69) is 35.8 Å². The van der Waals surface area contributed by atoms with E-state index in [0.717, 1.165) is 47.3 Å². The molecule has 0 saturated carbocycles. The second kappa shape index (κ2) is 6.84. The molecule has 4 rings (SSSR count). The van der Waals surface area contributed by atoms with Crippen LogP contribution in [-0.2, 0) is 0 Å². The molecule has 7 heteroatoms. The molecule has 1 N–H and O–H groups in total. The first-order valence-electron chi connectivity index (χ1n) is 8.30. The molecule has 3 heterocycles. The second-order valence-corrected chi connectivity index (χ2v) is 7.07. The third-order valence-corrected chi connectivity index (χ3v) is 5.10. The standard InChI is InChI=1S/C18H18BrN5O/c19-13-3-5-14(6-4-13)22-18(25)23-10-7-15(8-11-23)24-12-21-16-2-1-9-20-17(16)24/h1-6,9,12,15H,7-8,10-11H2,(H,22,25). The van der Waals surface area contributed by atoms with Crippen molar-refractivity contribution in [2.24, 2.45) is 0 Å². The molecule has 0 unspecified atom stereocenters. The number of pyridine rings is 1. The Kier molecular flexibility index (Phi) is 4.40. The molecule has 2 aromatic heterocycles. The highest BCUT2D eigenvalue weighted by atomic mass is 79.9. The summed E-state index contributed by atoms with van der Waals surface area (Å²) in [5.74, 6) is 0. The summed E-state index contributed by atoms with van der Waals surface area (Å²) < 4.78 is 3.13. The molecule has 128 valence electrons. The monoisotopic (exact) mass is 399 g/mol. The Morgan fingerprint density at radius 2 is 1.88 bits per heavy atom. The summed E-state index contributed by atoms with van der Waals surface area (Å²) in [7, 11) is 0. The Bertz CT molecular complexity index is 884. The maximum absolute atomic E-state index is 12.4. The number of fused-ring (bicyclic) bond motifs is 1. The summed E-state index contributed by atoms with van der Waals surface area (Å²) in [4.78, 5) is 23.1. The van der Waals surface area contributed by atoms with E-state index in [9.17, 15) is 4.79 Å². The van der Waals surface area contributed by atoms with E-state index in [1.165, 1.54) is 0 Å². The van der Waals surface area contributed by atoms with Gasteiger partial charge in [0.15, 0.2) is 5.65 Å². The molecule has 1 fully saturated rings. The number of urea groups is 1. The van der Waals surface area contributed by atoms with Crippen LogP contribution in [0.5, 0.6) is 0 Å². The topological polar surface area (TPSA) is 63.1 Å². The lowest BCUT2D eigenvalue weighted by Crippen LogP contribution is -2.41. The predicted molar refractivity (Wildman–Crippen MR) is 101 cm³/mol. The quantitative estimate of drug-likeness (QED) is 0.706. The second-order valence-electron chi connectivity index (χ2n) is 6.15. The van der Waals surface area contributed by atoms with Crippen molar-refractivity contribution in [3.05, 3.63) is 53.4 Å². The van der Waals surface area contributed by atoms with Gasteiger partial charge in [-0.3, -0.25) is 0 Å². The SMILES string of the molecule is O=C(Nc1ccc(Br)cc1)N1CCC(n2cnc3cccnc32)CC1. The highest BCUT2D eigenvalue weighted by Gasteiger charge is 2.25. The summed E-state index contributed by atoms with van der Waals surface area (Å²) in [6.07, 6.45) is 5.45.